The monoisotopic (exact) mass is 231 g/mol. The summed E-state index contributed by atoms with van der Waals surface area (Å²) in [6.45, 7) is 1.83. The molecule has 84 valence electrons. The molecule has 0 aromatic carbocycles. The van der Waals surface area contributed by atoms with Crippen molar-refractivity contribution in [3.8, 4) is 0 Å². The number of rotatable bonds is 2. The first kappa shape index (κ1) is 11.8. The van der Waals surface area contributed by atoms with Crippen LogP contribution in [-0.2, 0) is 10.0 Å². The molecule has 7 heteroatoms. The van der Waals surface area contributed by atoms with E-state index in [1.807, 2.05) is 6.92 Å². The van der Waals surface area contributed by atoms with Gasteiger partial charge in [0.05, 0.1) is 0 Å². The van der Waals surface area contributed by atoms with Gasteiger partial charge in [-0.25, -0.2) is 8.42 Å². The second kappa shape index (κ2) is 3.69. The Balaban J connectivity index is 2.77. The van der Waals surface area contributed by atoms with Crippen LogP contribution < -0.4 is 0 Å². The topological polar surface area (TPSA) is 37.4 Å². The van der Waals surface area contributed by atoms with Gasteiger partial charge in [-0.3, -0.25) is 0 Å². The summed E-state index contributed by atoms with van der Waals surface area (Å²) in [6, 6.07) is 0. The predicted octanol–water partition coefficient (Wildman–Crippen LogP) is 1.57. The van der Waals surface area contributed by atoms with Gasteiger partial charge in [0.2, 0.25) is 0 Å². The van der Waals surface area contributed by atoms with Gasteiger partial charge in [-0.05, 0) is 12.3 Å². The SMILES string of the molecule is CCC1CCN(S(=O)(=O)C(F)(F)F)C1. The molecular weight excluding hydrogens is 219 g/mol. The molecule has 0 amide bonds. The lowest BCUT2D eigenvalue weighted by Crippen LogP contribution is -2.39. The predicted molar refractivity (Wildman–Crippen MR) is 44.9 cm³/mol. The van der Waals surface area contributed by atoms with Crippen LogP contribution in [0.5, 0.6) is 0 Å². The van der Waals surface area contributed by atoms with Gasteiger partial charge in [-0.15, -0.1) is 0 Å². The number of hydrogen-bond donors (Lipinski definition) is 0. The number of sulfonamides is 1. The van der Waals surface area contributed by atoms with Gasteiger partial charge in [-0.1, -0.05) is 13.3 Å². The van der Waals surface area contributed by atoms with Crippen molar-refractivity contribution in [1.82, 2.24) is 4.31 Å². The normalized spacial score (nSPS) is 25.6. The van der Waals surface area contributed by atoms with Gasteiger partial charge in [0.1, 0.15) is 0 Å². The van der Waals surface area contributed by atoms with Crippen molar-refractivity contribution in [1.29, 1.82) is 0 Å². The highest BCUT2D eigenvalue weighted by Gasteiger charge is 2.51. The molecule has 1 rings (SSSR count). The van der Waals surface area contributed by atoms with Gasteiger partial charge in [0, 0.05) is 13.1 Å². The Kier molecular flexibility index (Phi) is 3.10. The summed E-state index contributed by atoms with van der Waals surface area (Å²) in [7, 11) is -5.09. The molecule has 1 unspecified atom stereocenters. The molecule has 0 bridgehead atoms. The van der Waals surface area contributed by atoms with Crippen LogP contribution >= 0.6 is 0 Å². The molecule has 1 aliphatic heterocycles. The Morgan fingerprint density at radius 1 is 1.43 bits per heavy atom. The zero-order chi connectivity index (χ0) is 11.0. The molecule has 1 atom stereocenters. The zero-order valence-electron chi connectivity index (χ0n) is 7.71. The van der Waals surface area contributed by atoms with Crippen LogP contribution in [0.4, 0.5) is 13.2 Å². The van der Waals surface area contributed by atoms with Gasteiger partial charge in [0.25, 0.3) is 0 Å². The minimum atomic E-state index is -5.16. The Morgan fingerprint density at radius 2 is 2.00 bits per heavy atom. The minimum absolute atomic E-state index is 0.00164. The molecule has 1 heterocycles. The molecule has 0 spiro atoms. The van der Waals surface area contributed by atoms with Crippen LogP contribution in [-0.4, -0.2) is 31.3 Å². The molecule has 1 aliphatic rings. The number of nitrogens with zero attached hydrogens (tertiary/aromatic N) is 1. The Bertz CT molecular complexity index is 299. The van der Waals surface area contributed by atoms with E-state index < -0.39 is 15.5 Å². The summed E-state index contributed by atoms with van der Waals surface area (Å²) in [6.07, 6.45) is 1.23. The summed E-state index contributed by atoms with van der Waals surface area (Å²) in [5, 5.41) is 0. The van der Waals surface area contributed by atoms with E-state index in [-0.39, 0.29) is 19.0 Å². The molecule has 14 heavy (non-hydrogen) atoms. The Morgan fingerprint density at radius 3 is 2.36 bits per heavy atom. The summed E-state index contributed by atoms with van der Waals surface area (Å²) < 4.78 is 58.6. The molecule has 0 N–H and O–H groups in total. The van der Waals surface area contributed by atoms with Gasteiger partial charge < -0.3 is 0 Å². The van der Waals surface area contributed by atoms with Crippen LogP contribution in [0.2, 0.25) is 0 Å². The van der Waals surface area contributed by atoms with Crippen molar-refractivity contribution in [3.63, 3.8) is 0 Å². The summed E-state index contributed by atoms with van der Waals surface area (Å²) in [5.41, 5.74) is -5.16. The zero-order valence-corrected chi connectivity index (χ0v) is 8.53. The Labute approximate surface area is 80.9 Å². The third kappa shape index (κ3) is 2.03. The minimum Gasteiger partial charge on any atom is -0.203 e. The van der Waals surface area contributed by atoms with Crippen molar-refractivity contribution in [2.75, 3.05) is 13.1 Å². The third-order valence-corrected chi connectivity index (χ3v) is 4.05. The van der Waals surface area contributed by atoms with E-state index in [9.17, 15) is 21.6 Å². The first-order valence-electron chi connectivity index (χ1n) is 4.35. The van der Waals surface area contributed by atoms with Crippen molar-refractivity contribution in [2.24, 2.45) is 5.92 Å². The second-order valence-corrected chi connectivity index (χ2v) is 5.30. The first-order chi connectivity index (χ1) is 6.29. The molecule has 0 aromatic heterocycles. The third-order valence-electron chi connectivity index (χ3n) is 2.46. The number of halogens is 3. The highest BCUT2D eigenvalue weighted by Crippen LogP contribution is 2.31. The maximum atomic E-state index is 12.1. The maximum absolute atomic E-state index is 12.1. The lowest BCUT2D eigenvalue weighted by atomic mass is 10.1. The summed E-state index contributed by atoms with van der Waals surface area (Å²) >= 11 is 0. The molecule has 1 saturated heterocycles. The fourth-order valence-electron chi connectivity index (χ4n) is 1.50. The van der Waals surface area contributed by atoms with E-state index in [4.69, 9.17) is 0 Å². The van der Waals surface area contributed by atoms with Crippen molar-refractivity contribution >= 4 is 10.0 Å². The second-order valence-electron chi connectivity index (χ2n) is 3.37. The van der Waals surface area contributed by atoms with E-state index in [0.717, 1.165) is 0 Å². The van der Waals surface area contributed by atoms with E-state index in [2.05, 4.69) is 0 Å². The van der Waals surface area contributed by atoms with Gasteiger partial charge in [-0.2, -0.15) is 17.5 Å². The number of hydrogen-bond acceptors (Lipinski definition) is 2. The fourth-order valence-corrected chi connectivity index (χ4v) is 2.54. The number of alkyl halides is 3. The first-order valence-corrected chi connectivity index (χ1v) is 5.79. The summed E-state index contributed by atoms with van der Waals surface area (Å²) in [4.78, 5) is 0. The highest BCUT2D eigenvalue weighted by atomic mass is 32.2. The molecule has 0 aromatic rings. The average Bonchev–Trinajstić information content (AvgIpc) is 2.49. The van der Waals surface area contributed by atoms with Crippen LogP contribution in [0.25, 0.3) is 0 Å². The van der Waals surface area contributed by atoms with Crippen molar-refractivity contribution in [2.45, 2.75) is 25.3 Å². The van der Waals surface area contributed by atoms with Crippen LogP contribution in [0.15, 0.2) is 0 Å². The smallest absolute Gasteiger partial charge is 0.203 e. The van der Waals surface area contributed by atoms with Gasteiger partial charge in [0.15, 0.2) is 0 Å². The van der Waals surface area contributed by atoms with E-state index in [1.54, 1.807) is 0 Å². The largest absolute Gasteiger partial charge is 0.511 e. The molecule has 1 fully saturated rings. The molecule has 0 saturated carbocycles. The van der Waals surface area contributed by atoms with Gasteiger partial charge >= 0.3 is 15.5 Å². The maximum Gasteiger partial charge on any atom is 0.511 e. The fraction of sp³-hybridized carbons (Fsp3) is 1.00. The van der Waals surface area contributed by atoms with E-state index in [0.29, 0.717) is 17.1 Å². The average molecular weight is 231 g/mol. The Hall–Kier alpha value is -0.300. The van der Waals surface area contributed by atoms with E-state index in [1.165, 1.54) is 0 Å². The van der Waals surface area contributed by atoms with E-state index >= 15 is 0 Å². The summed E-state index contributed by atoms with van der Waals surface area (Å²) in [5.74, 6) is 0.0622. The molecule has 3 nitrogen and oxygen atoms in total. The quantitative estimate of drug-likeness (QED) is 0.723. The lowest BCUT2D eigenvalue weighted by molar-refractivity contribution is -0.0484. The molecule has 0 aliphatic carbocycles. The standard InChI is InChI=1S/C7H12F3NO2S/c1-2-6-3-4-11(5-6)14(12,13)7(8,9)10/h6H,2-5H2,1H3. The van der Waals surface area contributed by atoms with Crippen LogP contribution in [0.1, 0.15) is 19.8 Å². The molecular formula is C7H12F3NO2S. The van der Waals surface area contributed by atoms with Crippen LogP contribution in [0, 0.1) is 5.92 Å². The van der Waals surface area contributed by atoms with Crippen molar-refractivity contribution in [3.05, 3.63) is 0 Å². The highest BCUT2D eigenvalue weighted by molar-refractivity contribution is 7.90. The van der Waals surface area contributed by atoms with Crippen molar-refractivity contribution < 1.29 is 21.6 Å². The lowest BCUT2D eigenvalue weighted by Gasteiger charge is -2.17. The van der Waals surface area contributed by atoms with Crippen LogP contribution in [0.3, 0.4) is 0 Å². The molecule has 0 radical (unpaired) electrons.